The number of carbonyl (C=O) groups excluding carboxylic acids is 1. The number of hydrogen-bond acceptors (Lipinski definition) is 3. The lowest BCUT2D eigenvalue weighted by Crippen LogP contribution is -2.86. The predicted octanol–water partition coefficient (Wildman–Crippen LogP) is 2.78. The highest BCUT2D eigenvalue weighted by Gasteiger charge is 2.67. The average Bonchev–Trinajstić information content (AvgIpc) is 2.50. The minimum absolute atomic E-state index is 0.0110. The summed E-state index contributed by atoms with van der Waals surface area (Å²) in [7, 11) is 0. The van der Waals surface area contributed by atoms with E-state index in [9.17, 15) is 23.1 Å². The number of benzene rings is 1. The Labute approximate surface area is 156 Å². The fourth-order valence-corrected chi connectivity index (χ4v) is 5.04. The number of nitrogens with zero attached hydrogens (tertiary/aromatic N) is 2. The fourth-order valence-electron chi connectivity index (χ4n) is 5.04. The van der Waals surface area contributed by atoms with Gasteiger partial charge in [-0.25, -0.2) is 0 Å². The molecule has 0 unspecified atom stereocenters. The number of likely N-dealkylation sites (tertiary alicyclic amines) is 2. The molecule has 148 valence electrons. The molecule has 1 saturated carbocycles. The third kappa shape index (κ3) is 3.14. The lowest BCUT2D eigenvalue weighted by molar-refractivity contribution is -0.210. The Bertz CT molecular complexity index is 684. The average molecular weight is 382 g/mol. The summed E-state index contributed by atoms with van der Waals surface area (Å²) in [4.78, 5) is 16.6. The molecule has 0 radical (unpaired) electrons. The van der Waals surface area contributed by atoms with E-state index in [4.69, 9.17) is 0 Å². The van der Waals surface area contributed by atoms with Gasteiger partial charge in [-0.3, -0.25) is 9.69 Å². The van der Waals surface area contributed by atoms with Crippen LogP contribution in [-0.2, 0) is 4.79 Å². The zero-order valence-electron chi connectivity index (χ0n) is 15.2. The third-order valence-electron chi connectivity index (χ3n) is 6.52. The second kappa shape index (κ2) is 6.78. The molecule has 27 heavy (non-hydrogen) atoms. The van der Waals surface area contributed by atoms with Crippen molar-refractivity contribution < 1.29 is 23.1 Å². The third-order valence-corrected chi connectivity index (χ3v) is 6.52. The van der Waals surface area contributed by atoms with Gasteiger partial charge in [-0.1, -0.05) is 36.8 Å². The van der Waals surface area contributed by atoms with E-state index in [2.05, 4.69) is 0 Å². The molecular weight excluding hydrogens is 357 g/mol. The van der Waals surface area contributed by atoms with Gasteiger partial charge in [0, 0.05) is 31.5 Å². The number of halogens is 3. The molecule has 3 fully saturated rings. The summed E-state index contributed by atoms with van der Waals surface area (Å²) < 4.78 is 37.7. The van der Waals surface area contributed by atoms with Gasteiger partial charge in [0.25, 0.3) is 0 Å². The van der Waals surface area contributed by atoms with Crippen molar-refractivity contribution in [3.8, 4) is 0 Å². The van der Waals surface area contributed by atoms with E-state index in [-0.39, 0.29) is 36.9 Å². The smallest absolute Gasteiger partial charge is 0.390 e. The standard InChI is InChI=1S/C20H25F3N2O2/c21-20(22,23)9-10-24-12-19(13-24)17(14-5-2-1-3-6-14)16(11-26)25(19)18(27)15-7-4-8-15/h1-3,5-6,15-17,26H,4,7-13H2/t16-,17-/m1/s1. The maximum absolute atomic E-state index is 13.0. The number of carbonyl (C=O) groups is 1. The van der Waals surface area contributed by atoms with Crippen LogP contribution in [-0.4, -0.2) is 64.8 Å². The zero-order chi connectivity index (χ0) is 19.2. The normalized spacial score (nSPS) is 27.8. The van der Waals surface area contributed by atoms with Crippen LogP contribution >= 0.6 is 0 Å². The first-order chi connectivity index (χ1) is 12.9. The zero-order valence-corrected chi connectivity index (χ0v) is 15.2. The lowest BCUT2D eigenvalue weighted by atomic mass is 9.60. The number of amides is 1. The Kier molecular flexibility index (Phi) is 4.71. The van der Waals surface area contributed by atoms with Crippen molar-refractivity contribution in [3.05, 3.63) is 35.9 Å². The highest BCUT2D eigenvalue weighted by atomic mass is 19.4. The SMILES string of the molecule is O=C(C1CCC1)N1[C@H](CO)[C@@H](c2ccccc2)C12CN(CCC(F)(F)F)C2. The molecule has 2 aliphatic heterocycles. The summed E-state index contributed by atoms with van der Waals surface area (Å²) in [5, 5.41) is 9.98. The second-order valence-corrected chi connectivity index (χ2v) is 8.15. The van der Waals surface area contributed by atoms with Crippen molar-refractivity contribution in [2.24, 2.45) is 5.92 Å². The first-order valence-electron chi connectivity index (χ1n) is 9.64. The van der Waals surface area contributed by atoms with E-state index < -0.39 is 18.1 Å². The first kappa shape index (κ1) is 18.7. The number of aliphatic hydroxyl groups is 1. The molecule has 0 bridgehead atoms. The maximum atomic E-state index is 13.0. The van der Waals surface area contributed by atoms with Crippen molar-refractivity contribution in [3.63, 3.8) is 0 Å². The number of rotatable bonds is 5. The fraction of sp³-hybridized carbons (Fsp3) is 0.650. The van der Waals surface area contributed by atoms with E-state index in [1.54, 1.807) is 4.90 Å². The van der Waals surface area contributed by atoms with Gasteiger partial charge in [0.15, 0.2) is 0 Å². The topological polar surface area (TPSA) is 43.8 Å². The molecule has 2 saturated heterocycles. The molecule has 4 nitrogen and oxygen atoms in total. The van der Waals surface area contributed by atoms with Crippen LogP contribution in [0.15, 0.2) is 30.3 Å². The maximum Gasteiger partial charge on any atom is 0.390 e. The van der Waals surface area contributed by atoms with Crippen LogP contribution in [0, 0.1) is 5.92 Å². The van der Waals surface area contributed by atoms with Gasteiger partial charge in [-0.15, -0.1) is 0 Å². The summed E-state index contributed by atoms with van der Waals surface area (Å²) >= 11 is 0. The van der Waals surface area contributed by atoms with Crippen LogP contribution in [0.5, 0.6) is 0 Å². The van der Waals surface area contributed by atoms with E-state index in [1.807, 2.05) is 35.2 Å². The highest BCUT2D eigenvalue weighted by molar-refractivity contribution is 5.83. The Balaban J connectivity index is 1.55. The monoisotopic (exact) mass is 382 g/mol. The molecule has 4 rings (SSSR count). The van der Waals surface area contributed by atoms with Gasteiger partial charge in [0.05, 0.1) is 24.6 Å². The Morgan fingerprint density at radius 2 is 1.85 bits per heavy atom. The van der Waals surface area contributed by atoms with E-state index >= 15 is 0 Å². The molecule has 2 heterocycles. The van der Waals surface area contributed by atoms with Crippen LogP contribution in [0.4, 0.5) is 13.2 Å². The van der Waals surface area contributed by atoms with Crippen molar-refractivity contribution in [1.82, 2.24) is 9.80 Å². The molecule has 1 spiro atoms. The first-order valence-corrected chi connectivity index (χ1v) is 9.64. The van der Waals surface area contributed by atoms with E-state index in [0.29, 0.717) is 13.1 Å². The second-order valence-electron chi connectivity index (χ2n) is 8.15. The summed E-state index contributed by atoms with van der Waals surface area (Å²) in [5.41, 5.74) is 0.567. The molecule has 1 amide bonds. The molecule has 3 aliphatic rings. The molecule has 2 atom stereocenters. The summed E-state index contributed by atoms with van der Waals surface area (Å²) in [5.74, 6) is 0.0506. The van der Waals surface area contributed by atoms with Crippen LogP contribution in [0.2, 0.25) is 0 Å². The molecule has 7 heteroatoms. The largest absolute Gasteiger partial charge is 0.394 e. The number of aliphatic hydroxyl groups excluding tert-OH is 1. The predicted molar refractivity (Wildman–Crippen MR) is 94.1 cm³/mol. The minimum atomic E-state index is -4.17. The van der Waals surface area contributed by atoms with Crippen molar-refractivity contribution >= 4 is 5.91 Å². The van der Waals surface area contributed by atoms with Gasteiger partial charge < -0.3 is 10.0 Å². The summed E-state index contributed by atoms with van der Waals surface area (Å²) in [6.07, 6.45) is -2.22. The van der Waals surface area contributed by atoms with Gasteiger partial charge in [-0.2, -0.15) is 13.2 Å². The van der Waals surface area contributed by atoms with E-state index in [1.165, 1.54) is 0 Å². The molecule has 1 aromatic carbocycles. The van der Waals surface area contributed by atoms with Gasteiger partial charge in [0.2, 0.25) is 5.91 Å². The molecule has 1 aromatic rings. The van der Waals surface area contributed by atoms with Crippen LogP contribution in [0.3, 0.4) is 0 Å². The number of alkyl halides is 3. The van der Waals surface area contributed by atoms with E-state index in [0.717, 1.165) is 24.8 Å². The van der Waals surface area contributed by atoms with Crippen LogP contribution in [0.1, 0.15) is 37.2 Å². The highest BCUT2D eigenvalue weighted by Crippen LogP contribution is 2.55. The Hall–Kier alpha value is -1.60. The summed E-state index contributed by atoms with van der Waals surface area (Å²) in [6.45, 7) is 0.722. The quantitative estimate of drug-likeness (QED) is 0.852. The number of hydrogen-bond donors (Lipinski definition) is 1. The van der Waals surface area contributed by atoms with Crippen LogP contribution in [0.25, 0.3) is 0 Å². The van der Waals surface area contributed by atoms with Crippen molar-refractivity contribution in [2.45, 2.75) is 49.4 Å². The minimum Gasteiger partial charge on any atom is -0.394 e. The molecule has 1 aliphatic carbocycles. The molecular formula is C20H25F3N2O2. The van der Waals surface area contributed by atoms with Crippen molar-refractivity contribution in [1.29, 1.82) is 0 Å². The van der Waals surface area contributed by atoms with Crippen LogP contribution < -0.4 is 0 Å². The van der Waals surface area contributed by atoms with Gasteiger partial charge in [-0.05, 0) is 18.4 Å². The lowest BCUT2D eigenvalue weighted by Gasteiger charge is -2.71. The van der Waals surface area contributed by atoms with Crippen molar-refractivity contribution in [2.75, 3.05) is 26.2 Å². The Morgan fingerprint density at radius 3 is 2.37 bits per heavy atom. The molecule has 0 aromatic heterocycles. The Morgan fingerprint density at radius 1 is 1.19 bits per heavy atom. The summed E-state index contributed by atoms with van der Waals surface area (Å²) in [6, 6.07) is 9.44. The molecule has 1 N–H and O–H groups in total. The van der Waals surface area contributed by atoms with Gasteiger partial charge >= 0.3 is 6.18 Å². The van der Waals surface area contributed by atoms with Gasteiger partial charge in [0.1, 0.15) is 0 Å².